The molecule has 0 radical (unpaired) electrons. The van der Waals surface area contributed by atoms with E-state index >= 15 is 0 Å². The number of imide groups is 1. The lowest BCUT2D eigenvalue weighted by atomic mass is 10.0. The first kappa shape index (κ1) is 23.3. The molecule has 4 rings (SSSR count). The van der Waals surface area contributed by atoms with E-state index in [4.69, 9.17) is 4.74 Å². The van der Waals surface area contributed by atoms with Crippen LogP contribution in [0.5, 0.6) is 5.75 Å². The van der Waals surface area contributed by atoms with Gasteiger partial charge in [0.15, 0.2) is 0 Å². The summed E-state index contributed by atoms with van der Waals surface area (Å²) in [6, 6.07) is 22.8. The normalized spacial score (nSPS) is 13.6. The zero-order valence-electron chi connectivity index (χ0n) is 20.2. The molecule has 0 bridgehead atoms. The third kappa shape index (κ3) is 4.21. The fraction of sp³-hybridized carbons (Fsp3) is 0.241. The highest BCUT2D eigenvalue weighted by atomic mass is 16.5. The van der Waals surface area contributed by atoms with Crippen molar-refractivity contribution >= 4 is 28.8 Å². The lowest BCUT2D eigenvalue weighted by molar-refractivity contribution is -0.120. The zero-order valence-corrected chi connectivity index (χ0v) is 20.2. The molecule has 1 heterocycles. The van der Waals surface area contributed by atoms with Crippen molar-refractivity contribution in [2.24, 2.45) is 0 Å². The third-order valence-corrected chi connectivity index (χ3v) is 6.15. The van der Waals surface area contributed by atoms with Gasteiger partial charge in [0.05, 0.1) is 17.9 Å². The monoisotopic (exact) mass is 454 g/mol. The predicted octanol–water partition coefficient (Wildman–Crippen LogP) is 5.90. The second kappa shape index (κ2) is 9.96. The van der Waals surface area contributed by atoms with Crippen LogP contribution < -0.4 is 14.5 Å². The predicted molar refractivity (Wildman–Crippen MR) is 137 cm³/mol. The van der Waals surface area contributed by atoms with Gasteiger partial charge in [-0.15, -0.1) is 0 Å². The van der Waals surface area contributed by atoms with Crippen LogP contribution >= 0.6 is 0 Å². The summed E-state index contributed by atoms with van der Waals surface area (Å²) in [6.45, 7) is 9.13. The Bertz CT molecular complexity index is 1230. The molecule has 0 fully saturated rings. The van der Waals surface area contributed by atoms with Gasteiger partial charge >= 0.3 is 0 Å². The van der Waals surface area contributed by atoms with E-state index in [1.807, 2.05) is 98.5 Å². The van der Waals surface area contributed by atoms with Crippen molar-refractivity contribution in [3.8, 4) is 5.75 Å². The number of benzene rings is 3. The first-order valence-electron chi connectivity index (χ1n) is 11.7. The second-order valence-corrected chi connectivity index (χ2v) is 8.34. The highest BCUT2D eigenvalue weighted by Gasteiger charge is 2.43. The van der Waals surface area contributed by atoms with Crippen molar-refractivity contribution in [2.75, 3.05) is 23.0 Å². The Kier molecular flexibility index (Phi) is 6.82. The molecule has 0 N–H and O–H groups in total. The minimum absolute atomic E-state index is 0.314. The number of hydrogen-bond donors (Lipinski definition) is 0. The minimum atomic E-state index is -0.315. The highest BCUT2D eigenvalue weighted by molar-refractivity contribution is 6.46. The Morgan fingerprint density at radius 2 is 1.53 bits per heavy atom. The molecule has 0 spiro atoms. The number of amides is 2. The lowest BCUT2D eigenvalue weighted by Gasteiger charge is -2.25. The molecule has 0 aliphatic carbocycles. The molecule has 0 aromatic heterocycles. The van der Waals surface area contributed by atoms with Crippen LogP contribution in [-0.2, 0) is 9.59 Å². The van der Waals surface area contributed by atoms with Crippen LogP contribution in [0.2, 0.25) is 0 Å². The van der Waals surface area contributed by atoms with Gasteiger partial charge in [-0.2, -0.15) is 0 Å². The number of anilines is 2. The highest BCUT2D eigenvalue weighted by Crippen LogP contribution is 2.38. The van der Waals surface area contributed by atoms with Crippen molar-refractivity contribution < 1.29 is 14.3 Å². The maximum absolute atomic E-state index is 13.9. The van der Waals surface area contributed by atoms with Crippen molar-refractivity contribution in [1.29, 1.82) is 0 Å². The van der Waals surface area contributed by atoms with Crippen molar-refractivity contribution in [1.82, 2.24) is 0 Å². The van der Waals surface area contributed by atoms with E-state index in [1.165, 1.54) is 4.90 Å². The molecule has 174 valence electrons. The van der Waals surface area contributed by atoms with E-state index in [1.54, 1.807) is 0 Å². The molecule has 34 heavy (non-hydrogen) atoms. The van der Waals surface area contributed by atoms with E-state index < -0.39 is 0 Å². The number of carbonyl (C=O) groups is 2. The molecular formula is C29H30N2O3. The minimum Gasteiger partial charge on any atom is -0.494 e. The number of likely N-dealkylation sites (N-methyl/N-ethyl adjacent to an activating group) is 1. The Morgan fingerprint density at radius 3 is 2.18 bits per heavy atom. The van der Waals surface area contributed by atoms with Crippen LogP contribution in [0.25, 0.3) is 5.57 Å². The maximum Gasteiger partial charge on any atom is 0.282 e. The summed E-state index contributed by atoms with van der Waals surface area (Å²) in [5.41, 5.74) is 4.91. The Morgan fingerprint density at radius 1 is 0.824 bits per heavy atom. The zero-order chi connectivity index (χ0) is 24.2. The smallest absolute Gasteiger partial charge is 0.282 e. The lowest BCUT2D eigenvalue weighted by Crippen LogP contribution is -2.35. The van der Waals surface area contributed by atoms with E-state index in [0.717, 1.165) is 29.0 Å². The second-order valence-electron chi connectivity index (χ2n) is 8.34. The van der Waals surface area contributed by atoms with Crippen LogP contribution in [0.3, 0.4) is 0 Å². The summed E-state index contributed by atoms with van der Waals surface area (Å²) >= 11 is 0. The summed E-state index contributed by atoms with van der Waals surface area (Å²) in [5, 5.41) is 0. The molecular weight excluding hydrogens is 424 g/mol. The van der Waals surface area contributed by atoms with Gasteiger partial charge in [0, 0.05) is 12.2 Å². The van der Waals surface area contributed by atoms with Crippen molar-refractivity contribution in [3.05, 3.63) is 95.2 Å². The number of rotatable bonds is 8. The van der Waals surface area contributed by atoms with E-state index in [2.05, 4.69) is 6.92 Å². The molecule has 1 aliphatic heterocycles. The fourth-order valence-corrected chi connectivity index (χ4v) is 4.24. The van der Waals surface area contributed by atoms with Crippen LogP contribution in [0.1, 0.15) is 37.0 Å². The van der Waals surface area contributed by atoms with Crippen LogP contribution in [0.15, 0.2) is 78.5 Å². The number of para-hydroxylation sites is 1. The fourth-order valence-electron chi connectivity index (χ4n) is 4.24. The van der Waals surface area contributed by atoms with Gasteiger partial charge in [-0.1, -0.05) is 49.4 Å². The molecule has 5 heteroatoms. The van der Waals surface area contributed by atoms with Gasteiger partial charge in [-0.25, -0.2) is 4.90 Å². The van der Waals surface area contributed by atoms with Crippen LogP contribution in [0.4, 0.5) is 11.4 Å². The summed E-state index contributed by atoms with van der Waals surface area (Å²) < 4.78 is 5.72. The molecule has 0 atom stereocenters. The molecule has 2 amide bonds. The van der Waals surface area contributed by atoms with Gasteiger partial charge in [0.1, 0.15) is 11.4 Å². The Labute approximate surface area is 201 Å². The number of hydrogen-bond acceptors (Lipinski definition) is 4. The summed E-state index contributed by atoms with van der Waals surface area (Å²) in [5.74, 6) is 0.113. The van der Waals surface area contributed by atoms with Gasteiger partial charge in [0.2, 0.25) is 0 Å². The van der Waals surface area contributed by atoms with E-state index in [-0.39, 0.29) is 11.8 Å². The summed E-state index contributed by atoms with van der Waals surface area (Å²) in [4.78, 5) is 31.1. The molecule has 1 aliphatic rings. The van der Waals surface area contributed by atoms with Crippen molar-refractivity contribution in [2.45, 2.75) is 34.1 Å². The quantitative estimate of drug-likeness (QED) is 0.398. The van der Waals surface area contributed by atoms with Gasteiger partial charge in [0.25, 0.3) is 11.8 Å². The maximum atomic E-state index is 13.9. The Balaban J connectivity index is 1.86. The molecule has 0 unspecified atom stereocenters. The van der Waals surface area contributed by atoms with Crippen LogP contribution in [-0.4, -0.2) is 25.0 Å². The first-order valence-corrected chi connectivity index (χ1v) is 11.7. The summed E-state index contributed by atoms with van der Waals surface area (Å²) in [6.07, 6.45) is 0.914. The first-order chi connectivity index (χ1) is 16.5. The largest absolute Gasteiger partial charge is 0.494 e. The third-order valence-electron chi connectivity index (χ3n) is 6.15. The average molecular weight is 455 g/mol. The topological polar surface area (TPSA) is 49.9 Å². The number of aryl methyl sites for hydroxylation is 1. The SMILES string of the molecule is CCCOc1ccc(C2=C(N(CC)c3ccccc3)C(=O)N(c3cccc(C)c3C)C2=O)cc1. The number of nitrogens with zero attached hydrogens (tertiary/aromatic N) is 2. The summed E-state index contributed by atoms with van der Waals surface area (Å²) in [7, 11) is 0. The number of carbonyl (C=O) groups excluding carboxylic acids is 2. The van der Waals surface area contributed by atoms with Crippen molar-refractivity contribution in [3.63, 3.8) is 0 Å². The van der Waals surface area contributed by atoms with Gasteiger partial charge in [-0.3, -0.25) is 9.59 Å². The molecule has 0 saturated heterocycles. The molecule has 0 saturated carbocycles. The van der Waals surface area contributed by atoms with E-state index in [9.17, 15) is 9.59 Å². The Hall–Kier alpha value is -3.86. The molecule has 5 nitrogen and oxygen atoms in total. The van der Waals surface area contributed by atoms with Gasteiger partial charge in [-0.05, 0) is 74.2 Å². The van der Waals surface area contributed by atoms with Gasteiger partial charge < -0.3 is 9.64 Å². The molecule has 3 aromatic carbocycles. The standard InChI is InChI=1S/C29H30N2O3/c1-5-19-34-24-17-15-22(16-18-24)26-27(30(6-2)23-12-8-7-9-13-23)29(33)31(28(26)32)25-14-10-11-20(3)21(25)4/h7-18H,5-6,19H2,1-4H3. The van der Waals surface area contributed by atoms with Crippen LogP contribution in [0, 0.1) is 13.8 Å². The average Bonchev–Trinajstić information content (AvgIpc) is 3.11. The number of ether oxygens (including phenoxy) is 1. The molecule has 3 aromatic rings. The van der Waals surface area contributed by atoms with E-state index in [0.29, 0.717) is 35.7 Å².